The van der Waals surface area contributed by atoms with Crippen LogP contribution in [0.2, 0.25) is 0 Å². The molecular formula is C14H31NO. The molecule has 3 atom stereocenters. The summed E-state index contributed by atoms with van der Waals surface area (Å²) in [5, 5.41) is 3.59. The third kappa shape index (κ3) is 4.84. The van der Waals surface area contributed by atoms with E-state index in [2.05, 4.69) is 39.9 Å². The first-order valence-electron chi connectivity index (χ1n) is 6.82. The molecular weight excluding hydrogens is 198 g/mol. The SMILES string of the molecule is CCCC(C)CC(NCC)C(C)(CC)OC. The minimum Gasteiger partial charge on any atom is -0.377 e. The van der Waals surface area contributed by atoms with E-state index in [1.54, 1.807) is 0 Å². The van der Waals surface area contributed by atoms with Crippen molar-refractivity contribution < 1.29 is 4.74 Å². The van der Waals surface area contributed by atoms with Crippen molar-refractivity contribution in [3.8, 4) is 0 Å². The van der Waals surface area contributed by atoms with Crippen molar-refractivity contribution in [3.05, 3.63) is 0 Å². The maximum absolute atomic E-state index is 5.72. The van der Waals surface area contributed by atoms with Crippen LogP contribution < -0.4 is 5.32 Å². The van der Waals surface area contributed by atoms with Gasteiger partial charge in [-0.3, -0.25) is 0 Å². The first-order valence-corrected chi connectivity index (χ1v) is 6.82. The highest BCUT2D eigenvalue weighted by Gasteiger charge is 2.32. The van der Waals surface area contributed by atoms with Crippen LogP contribution in [0.15, 0.2) is 0 Å². The molecule has 0 saturated carbocycles. The molecule has 3 unspecified atom stereocenters. The molecule has 0 saturated heterocycles. The zero-order valence-electron chi connectivity index (χ0n) is 12.1. The molecule has 98 valence electrons. The van der Waals surface area contributed by atoms with Crippen LogP contribution in [-0.2, 0) is 4.74 Å². The Balaban J connectivity index is 4.46. The second-order valence-electron chi connectivity index (χ2n) is 5.11. The Kier molecular flexibility index (Phi) is 8.04. The summed E-state index contributed by atoms with van der Waals surface area (Å²) in [6.45, 7) is 12.2. The predicted molar refractivity (Wildman–Crippen MR) is 71.9 cm³/mol. The molecule has 0 bridgehead atoms. The second-order valence-corrected chi connectivity index (χ2v) is 5.11. The molecule has 0 aliphatic rings. The largest absolute Gasteiger partial charge is 0.377 e. The zero-order valence-corrected chi connectivity index (χ0v) is 12.1. The van der Waals surface area contributed by atoms with Crippen molar-refractivity contribution in [2.45, 2.75) is 71.9 Å². The Morgan fingerprint density at radius 1 is 1.25 bits per heavy atom. The molecule has 0 aromatic heterocycles. The molecule has 0 fully saturated rings. The number of ether oxygens (including phenoxy) is 1. The summed E-state index contributed by atoms with van der Waals surface area (Å²) < 4.78 is 5.72. The van der Waals surface area contributed by atoms with Gasteiger partial charge in [-0.2, -0.15) is 0 Å². The number of rotatable bonds is 9. The number of methoxy groups -OCH3 is 1. The molecule has 2 heteroatoms. The van der Waals surface area contributed by atoms with Crippen molar-refractivity contribution in [2.75, 3.05) is 13.7 Å². The first-order chi connectivity index (χ1) is 7.53. The maximum Gasteiger partial charge on any atom is 0.0800 e. The summed E-state index contributed by atoms with van der Waals surface area (Å²) in [6.07, 6.45) is 4.85. The lowest BCUT2D eigenvalue weighted by Crippen LogP contribution is -2.50. The van der Waals surface area contributed by atoms with E-state index in [9.17, 15) is 0 Å². The third-order valence-corrected chi connectivity index (χ3v) is 3.78. The number of hydrogen-bond donors (Lipinski definition) is 1. The van der Waals surface area contributed by atoms with Crippen molar-refractivity contribution in [3.63, 3.8) is 0 Å². The standard InChI is InChI=1S/C14H31NO/c1-7-10-12(4)11-13(15-9-3)14(5,8-2)16-6/h12-13,15H,7-11H2,1-6H3. The van der Waals surface area contributed by atoms with E-state index in [-0.39, 0.29) is 5.60 Å². The predicted octanol–water partition coefficient (Wildman–Crippen LogP) is 3.61. The fraction of sp³-hybridized carbons (Fsp3) is 1.00. The summed E-state index contributed by atoms with van der Waals surface area (Å²) in [4.78, 5) is 0. The van der Waals surface area contributed by atoms with E-state index >= 15 is 0 Å². The normalized spacial score (nSPS) is 19.1. The molecule has 0 rings (SSSR count). The van der Waals surface area contributed by atoms with E-state index in [4.69, 9.17) is 4.74 Å². The van der Waals surface area contributed by atoms with Crippen LogP contribution in [0.3, 0.4) is 0 Å². The van der Waals surface area contributed by atoms with E-state index in [1.165, 1.54) is 19.3 Å². The molecule has 0 aliphatic heterocycles. The van der Waals surface area contributed by atoms with E-state index in [0.717, 1.165) is 18.9 Å². The molecule has 0 aliphatic carbocycles. The van der Waals surface area contributed by atoms with Crippen molar-refractivity contribution >= 4 is 0 Å². The van der Waals surface area contributed by atoms with Gasteiger partial charge in [0.2, 0.25) is 0 Å². The van der Waals surface area contributed by atoms with Crippen LogP contribution in [0, 0.1) is 5.92 Å². The highest BCUT2D eigenvalue weighted by molar-refractivity contribution is 4.89. The minimum atomic E-state index is -0.0298. The molecule has 2 nitrogen and oxygen atoms in total. The highest BCUT2D eigenvalue weighted by atomic mass is 16.5. The molecule has 0 amide bonds. The highest BCUT2D eigenvalue weighted by Crippen LogP contribution is 2.25. The van der Waals surface area contributed by atoms with Gasteiger partial charge in [-0.15, -0.1) is 0 Å². The topological polar surface area (TPSA) is 21.3 Å². The minimum absolute atomic E-state index is 0.0298. The Hall–Kier alpha value is -0.0800. The van der Waals surface area contributed by atoms with Gasteiger partial charge in [0.05, 0.1) is 5.60 Å². The lowest BCUT2D eigenvalue weighted by molar-refractivity contribution is -0.0344. The van der Waals surface area contributed by atoms with Crippen molar-refractivity contribution in [1.29, 1.82) is 0 Å². The van der Waals surface area contributed by atoms with Gasteiger partial charge < -0.3 is 10.1 Å². The van der Waals surface area contributed by atoms with E-state index in [0.29, 0.717) is 6.04 Å². The van der Waals surface area contributed by atoms with Gasteiger partial charge in [0.1, 0.15) is 0 Å². The number of likely N-dealkylation sites (N-methyl/N-ethyl adjacent to an activating group) is 1. The molecule has 16 heavy (non-hydrogen) atoms. The van der Waals surface area contributed by atoms with E-state index in [1.807, 2.05) is 7.11 Å². The maximum atomic E-state index is 5.72. The average molecular weight is 229 g/mol. The van der Waals surface area contributed by atoms with Gasteiger partial charge in [0, 0.05) is 13.2 Å². The summed E-state index contributed by atoms with van der Waals surface area (Å²) in [5.41, 5.74) is -0.0298. The Labute approximate surface area is 102 Å². The van der Waals surface area contributed by atoms with Crippen LogP contribution in [-0.4, -0.2) is 25.3 Å². The third-order valence-electron chi connectivity index (χ3n) is 3.78. The molecule has 0 aromatic rings. The quantitative estimate of drug-likeness (QED) is 0.652. The molecule has 0 radical (unpaired) electrons. The lowest BCUT2D eigenvalue weighted by atomic mass is 9.85. The van der Waals surface area contributed by atoms with E-state index < -0.39 is 0 Å². The van der Waals surface area contributed by atoms with Gasteiger partial charge in [0.15, 0.2) is 0 Å². The fourth-order valence-electron chi connectivity index (χ4n) is 2.34. The van der Waals surface area contributed by atoms with Crippen LogP contribution in [0.1, 0.15) is 60.3 Å². The average Bonchev–Trinajstić information content (AvgIpc) is 2.28. The smallest absolute Gasteiger partial charge is 0.0800 e. The zero-order chi connectivity index (χ0) is 12.6. The Morgan fingerprint density at radius 2 is 1.88 bits per heavy atom. The number of nitrogens with one attached hydrogen (secondary N) is 1. The van der Waals surface area contributed by atoms with Crippen LogP contribution in [0.25, 0.3) is 0 Å². The van der Waals surface area contributed by atoms with Gasteiger partial charge in [0.25, 0.3) is 0 Å². The second kappa shape index (κ2) is 8.08. The summed E-state index contributed by atoms with van der Waals surface area (Å²) in [5.74, 6) is 0.773. The van der Waals surface area contributed by atoms with Gasteiger partial charge in [-0.25, -0.2) is 0 Å². The van der Waals surface area contributed by atoms with Crippen LogP contribution in [0.5, 0.6) is 0 Å². The molecule has 0 heterocycles. The van der Waals surface area contributed by atoms with Crippen LogP contribution >= 0.6 is 0 Å². The summed E-state index contributed by atoms with van der Waals surface area (Å²) >= 11 is 0. The van der Waals surface area contributed by atoms with Crippen LogP contribution in [0.4, 0.5) is 0 Å². The summed E-state index contributed by atoms with van der Waals surface area (Å²) in [6, 6.07) is 0.467. The Bertz CT molecular complexity index is 166. The summed E-state index contributed by atoms with van der Waals surface area (Å²) in [7, 11) is 1.83. The first kappa shape index (κ1) is 15.9. The Morgan fingerprint density at radius 3 is 2.25 bits per heavy atom. The molecule has 0 spiro atoms. The van der Waals surface area contributed by atoms with Gasteiger partial charge in [-0.05, 0) is 32.2 Å². The number of hydrogen-bond acceptors (Lipinski definition) is 2. The van der Waals surface area contributed by atoms with Crippen molar-refractivity contribution in [1.82, 2.24) is 5.32 Å². The fourth-order valence-corrected chi connectivity index (χ4v) is 2.34. The molecule has 1 N–H and O–H groups in total. The lowest BCUT2D eigenvalue weighted by Gasteiger charge is -2.37. The van der Waals surface area contributed by atoms with Crippen molar-refractivity contribution in [2.24, 2.45) is 5.92 Å². The van der Waals surface area contributed by atoms with Gasteiger partial charge >= 0.3 is 0 Å². The monoisotopic (exact) mass is 229 g/mol. The van der Waals surface area contributed by atoms with Gasteiger partial charge in [-0.1, -0.05) is 40.5 Å². The molecule has 0 aromatic carbocycles.